The number of nitrogens with one attached hydrogen (secondary N) is 1. The van der Waals surface area contributed by atoms with Gasteiger partial charge in [0.15, 0.2) is 5.13 Å². The number of anilines is 1. The normalized spacial score (nSPS) is 10.9. The van der Waals surface area contributed by atoms with Crippen molar-refractivity contribution in [3.8, 4) is 17.3 Å². The summed E-state index contributed by atoms with van der Waals surface area (Å²) in [6.07, 6.45) is 0. The van der Waals surface area contributed by atoms with E-state index >= 15 is 0 Å². The summed E-state index contributed by atoms with van der Waals surface area (Å²) in [6.45, 7) is 3.15. The topological polar surface area (TPSA) is 65.8 Å². The molecule has 0 aliphatic rings. The summed E-state index contributed by atoms with van der Waals surface area (Å²) < 4.78 is 0.971. The van der Waals surface area contributed by atoms with Gasteiger partial charge < -0.3 is 5.32 Å². The molecular formula is C14H12BrN3OS. The maximum atomic E-state index is 11.9. The summed E-state index contributed by atoms with van der Waals surface area (Å²) in [5.41, 5.74) is 0.693. The molecule has 4 nitrogen and oxygen atoms in total. The Morgan fingerprint density at radius 2 is 2.25 bits per heavy atom. The molecule has 0 unspecified atom stereocenters. The number of hydrogen-bond donors (Lipinski definition) is 1. The Bertz CT molecular complexity index is 688. The number of carbonyl (C=O) groups is 1. The summed E-state index contributed by atoms with van der Waals surface area (Å²) in [5.74, 6) is -0.352. The van der Waals surface area contributed by atoms with Crippen molar-refractivity contribution in [3.63, 3.8) is 0 Å². The number of thiazole rings is 1. The van der Waals surface area contributed by atoms with Crippen LogP contribution in [0.3, 0.4) is 0 Å². The van der Waals surface area contributed by atoms with Gasteiger partial charge in [0.1, 0.15) is 5.41 Å². The number of benzene rings is 1. The molecule has 0 aliphatic carbocycles. The third kappa shape index (κ3) is 3.24. The average Bonchev–Trinajstić information content (AvgIpc) is 2.87. The molecule has 0 saturated carbocycles. The third-order valence-corrected chi connectivity index (χ3v) is 3.94. The second kappa shape index (κ2) is 5.73. The zero-order valence-electron chi connectivity index (χ0n) is 11.0. The molecule has 1 amide bonds. The highest BCUT2D eigenvalue weighted by Gasteiger charge is 2.27. The Labute approximate surface area is 129 Å². The Morgan fingerprint density at radius 3 is 2.90 bits per heavy atom. The van der Waals surface area contributed by atoms with Crippen LogP contribution in [0, 0.1) is 16.7 Å². The van der Waals surface area contributed by atoms with E-state index in [0.29, 0.717) is 5.13 Å². The lowest BCUT2D eigenvalue weighted by Crippen LogP contribution is -2.29. The Hall–Kier alpha value is -1.71. The van der Waals surface area contributed by atoms with Crippen LogP contribution in [0.1, 0.15) is 13.8 Å². The molecule has 2 rings (SSSR count). The van der Waals surface area contributed by atoms with Crippen LogP contribution in [-0.4, -0.2) is 10.9 Å². The molecule has 0 aliphatic heterocycles. The summed E-state index contributed by atoms with van der Waals surface area (Å²) in [6, 6.07) is 9.74. The third-order valence-electron chi connectivity index (χ3n) is 2.69. The van der Waals surface area contributed by atoms with Gasteiger partial charge in [-0.15, -0.1) is 11.3 Å². The largest absolute Gasteiger partial charge is 0.301 e. The van der Waals surface area contributed by atoms with Crippen molar-refractivity contribution in [3.05, 3.63) is 34.1 Å². The van der Waals surface area contributed by atoms with Gasteiger partial charge in [0.2, 0.25) is 5.91 Å². The molecule has 0 fully saturated rings. The zero-order valence-corrected chi connectivity index (χ0v) is 13.4. The first-order valence-corrected chi connectivity index (χ1v) is 7.54. The molecule has 2 aromatic rings. The standard InChI is InChI=1S/C14H12BrN3OS/c1-14(2,8-16)12(19)18-13-17-11(7-20-13)9-4-3-5-10(15)6-9/h3-7H,1-2H3,(H,17,18,19). The molecule has 0 saturated heterocycles. The Kier molecular flexibility index (Phi) is 4.21. The van der Waals surface area contributed by atoms with Crippen LogP contribution in [0.15, 0.2) is 34.1 Å². The van der Waals surface area contributed by atoms with Gasteiger partial charge in [0.25, 0.3) is 0 Å². The van der Waals surface area contributed by atoms with Crippen molar-refractivity contribution in [2.24, 2.45) is 5.41 Å². The lowest BCUT2D eigenvalue weighted by molar-refractivity contribution is -0.121. The lowest BCUT2D eigenvalue weighted by atomic mass is 9.95. The molecule has 6 heteroatoms. The van der Waals surface area contributed by atoms with Crippen LogP contribution in [0.2, 0.25) is 0 Å². The van der Waals surface area contributed by atoms with E-state index < -0.39 is 5.41 Å². The summed E-state index contributed by atoms with van der Waals surface area (Å²) >= 11 is 4.75. The van der Waals surface area contributed by atoms with Crippen molar-refractivity contribution in [2.45, 2.75) is 13.8 Å². The second-order valence-corrected chi connectivity index (χ2v) is 6.51. The minimum absolute atomic E-state index is 0.352. The van der Waals surface area contributed by atoms with E-state index in [1.54, 1.807) is 13.8 Å². The number of carbonyl (C=O) groups excluding carboxylic acids is 1. The highest BCUT2D eigenvalue weighted by Crippen LogP contribution is 2.27. The molecule has 0 atom stereocenters. The van der Waals surface area contributed by atoms with Gasteiger partial charge >= 0.3 is 0 Å². The molecule has 0 spiro atoms. The van der Waals surface area contributed by atoms with E-state index in [1.165, 1.54) is 11.3 Å². The number of rotatable bonds is 3. The summed E-state index contributed by atoms with van der Waals surface area (Å²) in [5, 5.41) is 14.0. The fraction of sp³-hybridized carbons (Fsp3) is 0.214. The monoisotopic (exact) mass is 349 g/mol. The molecule has 0 radical (unpaired) electrons. The van der Waals surface area contributed by atoms with Gasteiger partial charge in [0.05, 0.1) is 11.8 Å². The minimum atomic E-state index is -1.07. The number of amides is 1. The number of aromatic nitrogens is 1. The quantitative estimate of drug-likeness (QED) is 0.908. The number of halogens is 1. The lowest BCUT2D eigenvalue weighted by Gasteiger charge is -2.12. The highest BCUT2D eigenvalue weighted by atomic mass is 79.9. The van der Waals surface area contributed by atoms with Crippen LogP contribution in [-0.2, 0) is 4.79 Å². The van der Waals surface area contributed by atoms with Gasteiger partial charge in [-0.2, -0.15) is 5.26 Å². The van der Waals surface area contributed by atoms with E-state index in [1.807, 2.05) is 35.7 Å². The van der Waals surface area contributed by atoms with Crippen molar-refractivity contribution in [2.75, 3.05) is 5.32 Å². The number of hydrogen-bond acceptors (Lipinski definition) is 4. The van der Waals surface area contributed by atoms with E-state index in [2.05, 4.69) is 26.2 Å². The molecule has 1 aromatic carbocycles. The van der Waals surface area contributed by atoms with E-state index in [9.17, 15) is 4.79 Å². The average molecular weight is 350 g/mol. The molecule has 1 aromatic heterocycles. The Morgan fingerprint density at radius 1 is 1.50 bits per heavy atom. The highest BCUT2D eigenvalue weighted by molar-refractivity contribution is 9.10. The van der Waals surface area contributed by atoms with Crippen LogP contribution < -0.4 is 5.32 Å². The molecule has 0 bridgehead atoms. The first kappa shape index (κ1) is 14.7. The SMILES string of the molecule is CC(C)(C#N)C(=O)Nc1nc(-c2cccc(Br)c2)cs1. The van der Waals surface area contributed by atoms with E-state index in [4.69, 9.17) is 5.26 Å². The van der Waals surface area contributed by atoms with Crippen LogP contribution in [0.25, 0.3) is 11.3 Å². The first-order chi connectivity index (χ1) is 9.42. The molecule has 1 N–H and O–H groups in total. The Balaban J connectivity index is 2.19. The van der Waals surface area contributed by atoms with E-state index in [-0.39, 0.29) is 5.91 Å². The summed E-state index contributed by atoms with van der Waals surface area (Å²) in [7, 11) is 0. The fourth-order valence-corrected chi connectivity index (χ4v) is 2.53. The van der Waals surface area contributed by atoms with Crippen molar-refractivity contribution < 1.29 is 4.79 Å². The molecule has 1 heterocycles. The maximum absolute atomic E-state index is 11.9. The van der Waals surface area contributed by atoms with Crippen molar-refractivity contribution >= 4 is 38.3 Å². The van der Waals surface area contributed by atoms with Gasteiger partial charge in [-0.1, -0.05) is 28.1 Å². The minimum Gasteiger partial charge on any atom is -0.301 e. The van der Waals surface area contributed by atoms with Gasteiger partial charge in [-0.25, -0.2) is 4.98 Å². The molecule has 20 heavy (non-hydrogen) atoms. The van der Waals surface area contributed by atoms with Gasteiger partial charge in [-0.05, 0) is 26.0 Å². The predicted molar refractivity (Wildman–Crippen MR) is 83.3 cm³/mol. The fourth-order valence-electron chi connectivity index (χ4n) is 1.42. The smallest absolute Gasteiger partial charge is 0.246 e. The van der Waals surface area contributed by atoms with Crippen LogP contribution in [0.4, 0.5) is 5.13 Å². The van der Waals surface area contributed by atoms with Gasteiger partial charge in [-0.3, -0.25) is 4.79 Å². The molecular weight excluding hydrogens is 338 g/mol. The number of nitrogens with zero attached hydrogens (tertiary/aromatic N) is 2. The summed E-state index contributed by atoms with van der Waals surface area (Å²) in [4.78, 5) is 16.3. The van der Waals surface area contributed by atoms with Crippen LogP contribution in [0.5, 0.6) is 0 Å². The predicted octanol–water partition coefficient (Wildman–Crippen LogP) is 4.06. The van der Waals surface area contributed by atoms with E-state index in [0.717, 1.165) is 15.7 Å². The van der Waals surface area contributed by atoms with Crippen LogP contribution >= 0.6 is 27.3 Å². The van der Waals surface area contributed by atoms with Gasteiger partial charge in [0, 0.05) is 15.4 Å². The number of nitriles is 1. The maximum Gasteiger partial charge on any atom is 0.246 e. The zero-order chi connectivity index (χ0) is 14.8. The first-order valence-electron chi connectivity index (χ1n) is 5.86. The van der Waals surface area contributed by atoms with Crippen molar-refractivity contribution in [1.82, 2.24) is 4.98 Å². The second-order valence-electron chi connectivity index (χ2n) is 4.74. The van der Waals surface area contributed by atoms with Crippen molar-refractivity contribution in [1.29, 1.82) is 5.26 Å². The molecule has 102 valence electrons.